The number of nitrogens with zero attached hydrogens (tertiary/aromatic N) is 2. The summed E-state index contributed by atoms with van der Waals surface area (Å²) in [7, 11) is 2.04. The zero-order valence-corrected chi connectivity index (χ0v) is 8.66. The van der Waals surface area contributed by atoms with Gasteiger partial charge in [-0.05, 0) is 36.7 Å². The summed E-state index contributed by atoms with van der Waals surface area (Å²) in [6.07, 6.45) is 7.30. The maximum Gasteiger partial charge on any atom is 0.0524 e. The maximum atomic E-state index is 5.92. The lowest BCUT2D eigenvalue weighted by Crippen LogP contribution is -2.29. The van der Waals surface area contributed by atoms with Crippen molar-refractivity contribution in [3.8, 4) is 0 Å². The summed E-state index contributed by atoms with van der Waals surface area (Å²) >= 11 is 0. The lowest BCUT2D eigenvalue weighted by molar-refractivity contribution is 0.337. The Hall–Kier alpha value is -0.830. The molecule has 1 spiro atoms. The number of hydrogen-bond donors (Lipinski definition) is 1. The molecule has 3 nitrogen and oxygen atoms in total. The molecule has 1 heterocycles. The quantitative estimate of drug-likeness (QED) is 0.724. The number of aryl methyl sites for hydroxylation is 2. The summed E-state index contributed by atoms with van der Waals surface area (Å²) in [5.41, 5.74) is 9.33. The first-order valence-electron chi connectivity index (χ1n) is 5.48. The van der Waals surface area contributed by atoms with E-state index >= 15 is 0 Å². The first-order chi connectivity index (χ1) is 6.77. The fourth-order valence-corrected chi connectivity index (χ4v) is 3.10. The Labute approximate surface area is 84.3 Å². The van der Waals surface area contributed by atoms with Crippen LogP contribution in [0.4, 0.5) is 0 Å². The van der Waals surface area contributed by atoms with Crippen LogP contribution < -0.4 is 5.73 Å². The molecule has 0 amide bonds. The average Bonchev–Trinajstić information content (AvgIpc) is 2.86. The first kappa shape index (κ1) is 8.48. The minimum Gasteiger partial charge on any atom is -0.330 e. The van der Waals surface area contributed by atoms with Crippen molar-refractivity contribution in [2.75, 3.05) is 6.54 Å². The lowest BCUT2D eigenvalue weighted by Gasteiger charge is -2.31. The van der Waals surface area contributed by atoms with E-state index in [1.54, 1.807) is 0 Å². The Bertz CT molecular complexity index is 363. The van der Waals surface area contributed by atoms with Crippen molar-refractivity contribution in [2.24, 2.45) is 18.2 Å². The van der Waals surface area contributed by atoms with E-state index in [9.17, 15) is 0 Å². The van der Waals surface area contributed by atoms with Crippen LogP contribution in [-0.4, -0.2) is 16.3 Å². The smallest absolute Gasteiger partial charge is 0.0524 e. The molecule has 2 aliphatic carbocycles. The van der Waals surface area contributed by atoms with Gasteiger partial charge in [0.2, 0.25) is 0 Å². The van der Waals surface area contributed by atoms with Crippen molar-refractivity contribution in [3.05, 3.63) is 17.5 Å². The fourth-order valence-electron chi connectivity index (χ4n) is 3.10. The number of hydrogen-bond acceptors (Lipinski definition) is 2. The largest absolute Gasteiger partial charge is 0.330 e. The summed E-state index contributed by atoms with van der Waals surface area (Å²) in [4.78, 5) is 0. The normalized spacial score (nSPS) is 27.7. The van der Waals surface area contributed by atoms with Crippen molar-refractivity contribution < 1.29 is 0 Å². The van der Waals surface area contributed by atoms with Crippen LogP contribution >= 0.6 is 0 Å². The Balaban J connectivity index is 2.09. The topological polar surface area (TPSA) is 43.8 Å². The number of aromatic nitrogens is 2. The predicted octanol–water partition coefficient (Wildman–Crippen LogP) is 1.19. The van der Waals surface area contributed by atoms with Gasteiger partial charge in [-0.3, -0.25) is 4.68 Å². The zero-order chi connectivity index (χ0) is 9.76. The van der Waals surface area contributed by atoms with Gasteiger partial charge >= 0.3 is 0 Å². The molecule has 0 aromatic carbocycles. The third kappa shape index (κ3) is 0.934. The van der Waals surface area contributed by atoms with Gasteiger partial charge < -0.3 is 5.73 Å². The van der Waals surface area contributed by atoms with E-state index in [1.807, 2.05) is 17.9 Å². The summed E-state index contributed by atoms with van der Waals surface area (Å²) in [5, 5.41) is 4.35. The number of nitrogens with two attached hydrogens (primary N) is 1. The minimum atomic E-state index is 0.565. The van der Waals surface area contributed by atoms with Gasteiger partial charge in [0.05, 0.1) is 6.20 Å². The summed E-state index contributed by atoms with van der Waals surface area (Å²) in [6, 6.07) is 0. The monoisotopic (exact) mass is 191 g/mol. The number of fused-ring (bicyclic) bond motifs is 1. The molecule has 1 saturated carbocycles. The highest BCUT2D eigenvalue weighted by molar-refractivity contribution is 5.31. The highest BCUT2D eigenvalue weighted by Crippen LogP contribution is 2.61. The van der Waals surface area contributed by atoms with Crippen molar-refractivity contribution >= 4 is 0 Å². The molecule has 1 atom stereocenters. The van der Waals surface area contributed by atoms with E-state index in [0.29, 0.717) is 11.3 Å². The Morgan fingerprint density at radius 3 is 3.00 bits per heavy atom. The SMILES string of the molecule is Cn1ncc2c1C(CN)C1(CC2)CC1. The van der Waals surface area contributed by atoms with E-state index in [0.717, 1.165) is 6.54 Å². The van der Waals surface area contributed by atoms with Gasteiger partial charge in [0, 0.05) is 25.2 Å². The summed E-state index contributed by atoms with van der Waals surface area (Å²) in [5.74, 6) is 0.568. The number of rotatable bonds is 1. The molecule has 0 saturated heterocycles. The second kappa shape index (κ2) is 2.60. The van der Waals surface area contributed by atoms with Gasteiger partial charge in [-0.2, -0.15) is 5.10 Å². The van der Waals surface area contributed by atoms with Crippen molar-refractivity contribution in [1.29, 1.82) is 0 Å². The van der Waals surface area contributed by atoms with Crippen molar-refractivity contribution in [3.63, 3.8) is 0 Å². The molecule has 0 bridgehead atoms. The Morgan fingerprint density at radius 2 is 2.36 bits per heavy atom. The van der Waals surface area contributed by atoms with Crippen molar-refractivity contribution in [2.45, 2.75) is 31.6 Å². The molecular weight excluding hydrogens is 174 g/mol. The van der Waals surface area contributed by atoms with Crippen molar-refractivity contribution in [1.82, 2.24) is 9.78 Å². The molecule has 76 valence electrons. The molecule has 1 unspecified atom stereocenters. The van der Waals surface area contributed by atoms with Crippen LogP contribution in [0.2, 0.25) is 0 Å². The summed E-state index contributed by atoms with van der Waals surface area (Å²) < 4.78 is 2.03. The molecule has 2 aliphatic rings. The maximum absolute atomic E-state index is 5.92. The van der Waals surface area contributed by atoms with Gasteiger partial charge in [-0.1, -0.05) is 0 Å². The van der Waals surface area contributed by atoms with E-state index in [4.69, 9.17) is 5.73 Å². The van der Waals surface area contributed by atoms with E-state index in [1.165, 1.54) is 36.9 Å². The Morgan fingerprint density at radius 1 is 1.57 bits per heavy atom. The van der Waals surface area contributed by atoms with Gasteiger partial charge in [-0.15, -0.1) is 0 Å². The summed E-state index contributed by atoms with van der Waals surface area (Å²) in [6.45, 7) is 0.784. The zero-order valence-electron chi connectivity index (χ0n) is 8.66. The highest BCUT2D eigenvalue weighted by Gasteiger charge is 2.52. The standard InChI is InChI=1S/C11H17N3/c1-14-10-8(7-13-14)2-3-11(4-5-11)9(10)6-12/h7,9H,2-6,12H2,1H3. The highest BCUT2D eigenvalue weighted by atomic mass is 15.3. The molecule has 2 N–H and O–H groups in total. The second-order valence-corrected chi connectivity index (χ2v) is 4.83. The molecule has 0 aliphatic heterocycles. The Kier molecular flexibility index (Phi) is 1.57. The van der Waals surface area contributed by atoms with E-state index in [2.05, 4.69) is 5.10 Å². The van der Waals surface area contributed by atoms with Gasteiger partial charge in [0.15, 0.2) is 0 Å². The van der Waals surface area contributed by atoms with Gasteiger partial charge in [0.1, 0.15) is 0 Å². The lowest BCUT2D eigenvalue weighted by atomic mass is 9.76. The molecule has 1 aromatic rings. The molecule has 3 rings (SSSR count). The van der Waals surface area contributed by atoms with Gasteiger partial charge in [-0.25, -0.2) is 0 Å². The molecule has 3 heteroatoms. The average molecular weight is 191 g/mol. The molecule has 14 heavy (non-hydrogen) atoms. The van der Waals surface area contributed by atoms with Gasteiger partial charge in [0.25, 0.3) is 0 Å². The van der Waals surface area contributed by atoms with E-state index in [-0.39, 0.29) is 0 Å². The predicted molar refractivity (Wildman–Crippen MR) is 55.0 cm³/mol. The van der Waals surface area contributed by atoms with Crippen LogP contribution in [-0.2, 0) is 13.5 Å². The van der Waals surface area contributed by atoms with E-state index < -0.39 is 0 Å². The molecule has 0 radical (unpaired) electrons. The second-order valence-electron chi connectivity index (χ2n) is 4.83. The minimum absolute atomic E-state index is 0.565. The fraction of sp³-hybridized carbons (Fsp3) is 0.727. The van der Waals surface area contributed by atoms with Crippen LogP contribution in [0, 0.1) is 5.41 Å². The van der Waals surface area contributed by atoms with Crippen LogP contribution in [0.3, 0.4) is 0 Å². The third-order valence-corrected chi connectivity index (χ3v) is 4.15. The third-order valence-electron chi connectivity index (χ3n) is 4.15. The van der Waals surface area contributed by atoms with Crippen LogP contribution in [0.15, 0.2) is 6.20 Å². The first-order valence-corrected chi connectivity index (χ1v) is 5.48. The van der Waals surface area contributed by atoms with Crippen LogP contribution in [0.5, 0.6) is 0 Å². The molecule has 1 fully saturated rings. The molecular formula is C11H17N3. The van der Waals surface area contributed by atoms with Crippen LogP contribution in [0.1, 0.15) is 36.4 Å². The van der Waals surface area contributed by atoms with Crippen LogP contribution in [0.25, 0.3) is 0 Å². The molecule has 1 aromatic heterocycles.